The van der Waals surface area contributed by atoms with Gasteiger partial charge in [0.2, 0.25) is 10.0 Å². The fourth-order valence-corrected chi connectivity index (χ4v) is 5.78. The van der Waals surface area contributed by atoms with Crippen molar-refractivity contribution >= 4 is 16.1 Å². The predicted molar refractivity (Wildman–Crippen MR) is 139 cm³/mol. The van der Waals surface area contributed by atoms with E-state index in [0.29, 0.717) is 17.7 Å². The molecule has 8 nitrogen and oxygen atoms in total. The van der Waals surface area contributed by atoms with Gasteiger partial charge >= 0.3 is 6.03 Å². The predicted octanol–water partition coefficient (Wildman–Crippen LogP) is 3.05. The highest BCUT2D eigenvalue weighted by molar-refractivity contribution is 7.89. The van der Waals surface area contributed by atoms with Crippen LogP contribution in [0.1, 0.15) is 38.3 Å². The average molecular weight is 532 g/mol. The van der Waals surface area contributed by atoms with Gasteiger partial charge in [0.1, 0.15) is 22.6 Å². The van der Waals surface area contributed by atoms with Gasteiger partial charge in [-0.3, -0.25) is 0 Å². The van der Waals surface area contributed by atoms with Gasteiger partial charge in [-0.1, -0.05) is 31.8 Å². The standard InChI is InChI=1S/C27H34FN3O5S/c1-5-13-29-27(33)30(4)17-25-19(2)16-31(20(3)18-32)37(34,35)26-12-11-22(15-24(26)36-25)10-9-21-7-6-8-23(28)14-21/h6-8,11-12,14-15,19-20,25,32H,5,13,16-18H2,1-4H3,(H,29,33)/t19-,20+,25+/m1/s1. The topological polar surface area (TPSA) is 99.2 Å². The quantitative estimate of drug-likeness (QED) is 0.559. The monoisotopic (exact) mass is 531 g/mol. The van der Waals surface area contributed by atoms with Gasteiger partial charge in [-0.25, -0.2) is 17.6 Å². The van der Waals surface area contributed by atoms with Crippen LogP contribution in [-0.4, -0.2) is 74.2 Å². The molecule has 10 heteroatoms. The van der Waals surface area contributed by atoms with Crippen molar-refractivity contribution in [2.75, 3.05) is 33.3 Å². The molecular weight excluding hydrogens is 497 g/mol. The molecule has 0 aromatic heterocycles. The molecule has 1 aliphatic heterocycles. The van der Waals surface area contributed by atoms with E-state index in [4.69, 9.17) is 4.74 Å². The lowest BCUT2D eigenvalue weighted by Crippen LogP contribution is -2.51. The van der Waals surface area contributed by atoms with Crippen molar-refractivity contribution < 1.29 is 27.4 Å². The number of likely N-dealkylation sites (N-methyl/N-ethyl adjacent to an activating group) is 1. The van der Waals surface area contributed by atoms with Gasteiger partial charge in [0.15, 0.2) is 0 Å². The number of hydrogen-bond donors (Lipinski definition) is 2. The minimum Gasteiger partial charge on any atom is -0.487 e. The number of aliphatic hydroxyl groups excluding tert-OH is 1. The maximum atomic E-state index is 13.6. The van der Waals surface area contributed by atoms with E-state index in [9.17, 15) is 22.7 Å². The second kappa shape index (κ2) is 12.4. The zero-order valence-electron chi connectivity index (χ0n) is 21.6. The molecule has 0 saturated heterocycles. The van der Waals surface area contributed by atoms with Crippen LogP contribution < -0.4 is 10.1 Å². The van der Waals surface area contributed by atoms with Gasteiger partial charge < -0.3 is 20.1 Å². The highest BCUT2D eigenvalue weighted by atomic mass is 32.2. The normalized spacial score (nSPS) is 19.7. The zero-order chi connectivity index (χ0) is 27.2. The Bertz CT molecular complexity index is 1270. The van der Waals surface area contributed by atoms with Crippen molar-refractivity contribution in [3.8, 4) is 17.6 Å². The first-order valence-corrected chi connectivity index (χ1v) is 13.7. The summed E-state index contributed by atoms with van der Waals surface area (Å²) in [5.41, 5.74) is 0.968. The summed E-state index contributed by atoms with van der Waals surface area (Å²) in [6, 6.07) is 9.52. The van der Waals surface area contributed by atoms with E-state index in [2.05, 4.69) is 17.2 Å². The van der Waals surface area contributed by atoms with Gasteiger partial charge in [0.05, 0.1) is 13.2 Å². The Hall–Kier alpha value is -3.13. The third-order valence-electron chi connectivity index (χ3n) is 6.17. The maximum absolute atomic E-state index is 13.6. The molecule has 0 fully saturated rings. The molecule has 2 aromatic carbocycles. The number of amides is 2. The maximum Gasteiger partial charge on any atom is 0.317 e. The molecule has 0 saturated carbocycles. The molecule has 0 bridgehead atoms. The first-order chi connectivity index (χ1) is 17.6. The van der Waals surface area contributed by atoms with Crippen LogP contribution in [0.2, 0.25) is 0 Å². The number of benzene rings is 2. The SMILES string of the molecule is CCCNC(=O)N(C)C[C@@H]1Oc2cc(C#Cc3cccc(F)c3)ccc2S(=O)(=O)N([C@@H](C)CO)C[C@H]1C. The first-order valence-electron chi connectivity index (χ1n) is 12.3. The van der Waals surface area contributed by atoms with Crippen LogP contribution >= 0.6 is 0 Å². The molecule has 0 spiro atoms. The number of sulfonamides is 1. The number of halogens is 1. The van der Waals surface area contributed by atoms with Crippen molar-refractivity contribution in [3.05, 3.63) is 59.4 Å². The molecule has 0 aliphatic carbocycles. The number of aliphatic hydroxyl groups is 1. The Kier molecular flexibility index (Phi) is 9.54. The summed E-state index contributed by atoms with van der Waals surface area (Å²) in [6.07, 6.45) is 0.264. The Morgan fingerprint density at radius 1 is 1.27 bits per heavy atom. The minimum atomic E-state index is -4.00. The number of rotatable bonds is 6. The second-order valence-corrected chi connectivity index (χ2v) is 11.1. The molecule has 1 heterocycles. The molecule has 37 heavy (non-hydrogen) atoms. The van der Waals surface area contributed by atoms with Crippen LogP contribution in [0, 0.1) is 23.6 Å². The van der Waals surface area contributed by atoms with Gasteiger partial charge in [-0.15, -0.1) is 0 Å². The lowest BCUT2D eigenvalue weighted by Gasteiger charge is -2.37. The molecule has 0 unspecified atom stereocenters. The minimum absolute atomic E-state index is 0.0425. The number of carbonyl (C=O) groups is 1. The van der Waals surface area contributed by atoms with Crippen molar-refractivity contribution in [3.63, 3.8) is 0 Å². The smallest absolute Gasteiger partial charge is 0.317 e. The third-order valence-corrected chi connectivity index (χ3v) is 8.19. The van der Waals surface area contributed by atoms with Crippen LogP contribution in [0.25, 0.3) is 0 Å². The molecule has 2 N–H and O–H groups in total. The number of hydrogen-bond acceptors (Lipinski definition) is 5. The van der Waals surface area contributed by atoms with Gasteiger partial charge in [-0.05, 0) is 49.7 Å². The zero-order valence-corrected chi connectivity index (χ0v) is 22.4. The molecule has 200 valence electrons. The number of nitrogens with one attached hydrogen (secondary N) is 1. The lowest BCUT2D eigenvalue weighted by atomic mass is 10.0. The van der Waals surface area contributed by atoms with E-state index < -0.39 is 28.0 Å². The van der Waals surface area contributed by atoms with Gasteiger partial charge in [0, 0.05) is 43.2 Å². The summed E-state index contributed by atoms with van der Waals surface area (Å²) in [5, 5.41) is 12.6. The lowest BCUT2D eigenvalue weighted by molar-refractivity contribution is 0.0812. The van der Waals surface area contributed by atoms with E-state index in [1.165, 1.54) is 27.4 Å². The van der Waals surface area contributed by atoms with Gasteiger partial charge in [0.25, 0.3) is 0 Å². The van der Waals surface area contributed by atoms with E-state index in [-0.39, 0.29) is 42.3 Å². The number of carbonyl (C=O) groups excluding carboxylic acids is 1. The first kappa shape index (κ1) is 28.4. The number of fused-ring (bicyclic) bond motifs is 1. The van der Waals surface area contributed by atoms with Crippen LogP contribution in [0.4, 0.5) is 9.18 Å². The van der Waals surface area contributed by atoms with Gasteiger partial charge in [-0.2, -0.15) is 4.31 Å². The Labute approximate surface area is 218 Å². The number of urea groups is 1. The van der Waals surface area contributed by atoms with E-state index in [1.54, 1.807) is 38.2 Å². The fourth-order valence-electron chi connectivity index (χ4n) is 3.95. The highest BCUT2D eigenvalue weighted by Crippen LogP contribution is 2.34. The summed E-state index contributed by atoms with van der Waals surface area (Å²) >= 11 is 0. The fraction of sp³-hybridized carbons (Fsp3) is 0.444. The summed E-state index contributed by atoms with van der Waals surface area (Å²) in [4.78, 5) is 13.9. The van der Waals surface area contributed by atoms with Crippen molar-refractivity contribution in [2.45, 2.75) is 44.2 Å². The largest absolute Gasteiger partial charge is 0.487 e. The molecule has 0 radical (unpaired) electrons. The van der Waals surface area contributed by atoms with Crippen LogP contribution in [0.3, 0.4) is 0 Å². The second-order valence-electron chi connectivity index (χ2n) is 9.27. The summed E-state index contributed by atoms with van der Waals surface area (Å²) in [5.74, 6) is 5.22. The third kappa shape index (κ3) is 7.01. The Balaban J connectivity index is 2.02. The van der Waals surface area contributed by atoms with E-state index >= 15 is 0 Å². The Morgan fingerprint density at radius 2 is 1.97 bits per heavy atom. The molecule has 2 amide bonds. The molecule has 2 aromatic rings. The van der Waals surface area contributed by atoms with Crippen molar-refractivity contribution in [1.29, 1.82) is 0 Å². The van der Waals surface area contributed by atoms with Crippen LogP contribution in [0.5, 0.6) is 5.75 Å². The van der Waals surface area contributed by atoms with E-state index in [1.807, 2.05) is 13.8 Å². The van der Waals surface area contributed by atoms with Crippen LogP contribution in [0.15, 0.2) is 47.4 Å². The highest BCUT2D eigenvalue weighted by Gasteiger charge is 2.38. The van der Waals surface area contributed by atoms with Crippen molar-refractivity contribution in [2.24, 2.45) is 5.92 Å². The van der Waals surface area contributed by atoms with Crippen LogP contribution in [-0.2, 0) is 10.0 Å². The number of nitrogens with zero attached hydrogens (tertiary/aromatic N) is 2. The average Bonchev–Trinajstić information content (AvgIpc) is 2.87. The van der Waals surface area contributed by atoms with E-state index in [0.717, 1.165) is 6.42 Å². The number of ether oxygens (including phenoxy) is 1. The molecule has 1 aliphatic rings. The summed E-state index contributed by atoms with van der Waals surface area (Å²) < 4.78 is 48.2. The summed E-state index contributed by atoms with van der Waals surface area (Å²) in [6.45, 7) is 5.99. The summed E-state index contributed by atoms with van der Waals surface area (Å²) in [7, 11) is -2.34. The molecular formula is C27H34FN3O5S. The molecule has 3 rings (SSSR count). The molecule has 3 atom stereocenters. The Morgan fingerprint density at radius 3 is 2.62 bits per heavy atom. The van der Waals surface area contributed by atoms with Crippen molar-refractivity contribution in [1.82, 2.24) is 14.5 Å².